The number of carbonyl (C=O) groups is 2. The largest absolute Gasteiger partial charge is 0.454 e. The molecular weight excluding hydrogens is 484 g/mol. The Kier molecular flexibility index (Phi) is 8.55. The lowest BCUT2D eigenvalue weighted by Gasteiger charge is -2.12. The molecule has 0 heterocycles. The van der Waals surface area contributed by atoms with E-state index in [2.05, 4.69) is 11.6 Å². The highest BCUT2D eigenvalue weighted by Gasteiger charge is 2.20. The van der Waals surface area contributed by atoms with Gasteiger partial charge in [0.15, 0.2) is 12.4 Å². The number of nitrogens with one attached hydrogen (secondary N) is 1. The molecule has 1 N–H and O–H groups in total. The monoisotopic (exact) mass is 510 g/mol. The Balaban J connectivity index is 1.69. The van der Waals surface area contributed by atoms with Crippen LogP contribution in [0.4, 0.5) is 11.4 Å². The van der Waals surface area contributed by atoms with E-state index in [1.807, 2.05) is 12.1 Å². The molecule has 0 saturated heterocycles. The van der Waals surface area contributed by atoms with E-state index in [1.54, 1.807) is 19.1 Å². The molecule has 0 aliphatic heterocycles. The second-order valence-electron chi connectivity index (χ2n) is 8.19. The van der Waals surface area contributed by atoms with Crippen LogP contribution in [0.15, 0.2) is 71.6 Å². The number of aryl methyl sites for hydroxylation is 2. The van der Waals surface area contributed by atoms with E-state index in [0.717, 1.165) is 24.8 Å². The van der Waals surface area contributed by atoms with Crippen molar-refractivity contribution in [1.82, 2.24) is 0 Å². The van der Waals surface area contributed by atoms with E-state index in [0.29, 0.717) is 11.3 Å². The summed E-state index contributed by atoms with van der Waals surface area (Å²) >= 11 is 0. The van der Waals surface area contributed by atoms with Gasteiger partial charge in [0, 0.05) is 23.4 Å². The standard InChI is InChI=1S/C26H26N2O7S/c1-3-4-5-19-7-11-21(12-8-19)27-36(33,34)23-15-6-18(2)24(16-23)26(30)35-17-25(29)20-9-13-22(14-10-20)28(31)32/h6-16,27H,3-5,17H2,1-2H3. The van der Waals surface area contributed by atoms with Crippen molar-refractivity contribution in [3.63, 3.8) is 0 Å². The number of anilines is 1. The summed E-state index contributed by atoms with van der Waals surface area (Å²) in [5, 5.41) is 10.7. The summed E-state index contributed by atoms with van der Waals surface area (Å²) < 4.78 is 33.4. The van der Waals surface area contributed by atoms with Gasteiger partial charge in [-0.05, 0) is 67.3 Å². The van der Waals surface area contributed by atoms with Crippen LogP contribution in [0.25, 0.3) is 0 Å². The highest BCUT2D eigenvalue weighted by Crippen LogP contribution is 2.21. The van der Waals surface area contributed by atoms with Crippen LogP contribution in [-0.2, 0) is 21.2 Å². The molecule has 3 aromatic rings. The van der Waals surface area contributed by atoms with Crippen molar-refractivity contribution in [1.29, 1.82) is 0 Å². The fourth-order valence-corrected chi connectivity index (χ4v) is 4.47. The summed E-state index contributed by atoms with van der Waals surface area (Å²) in [5.41, 5.74) is 1.97. The number of benzene rings is 3. The molecule has 36 heavy (non-hydrogen) atoms. The third-order valence-corrected chi connectivity index (χ3v) is 6.88. The van der Waals surface area contributed by atoms with Gasteiger partial charge in [0.25, 0.3) is 15.7 Å². The maximum absolute atomic E-state index is 12.9. The molecule has 3 aromatic carbocycles. The highest BCUT2D eigenvalue weighted by molar-refractivity contribution is 7.92. The molecule has 188 valence electrons. The normalized spacial score (nSPS) is 11.1. The fraction of sp³-hybridized carbons (Fsp3) is 0.231. The molecule has 0 amide bonds. The Hall–Kier alpha value is -4.05. The van der Waals surface area contributed by atoms with Crippen molar-refractivity contribution in [3.05, 3.63) is 99.1 Å². The first kappa shape index (κ1) is 26.6. The number of esters is 1. The summed E-state index contributed by atoms with van der Waals surface area (Å²) in [6, 6.07) is 16.1. The first-order chi connectivity index (χ1) is 17.1. The molecule has 0 aliphatic carbocycles. The first-order valence-electron chi connectivity index (χ1n) is 11.3. The third kappa shape index (κ3) is 6.76. The Morgan fingerprint density at radius 2 is 1.67 bits per heavy atom. The summed E-state index contributed by atoms with van der Waals surface area (Å²) in [5.74, 6) is -1.41. The lowest BCUT2D eigenvalue weighted by atomic mass is 10.1. The molecule has 0 bridgehead atoms. The van der Waals surface area contributed by atoms with Crippen LogP contribution in [0.2, 0.25) is 0 Å². The molecule has 0 saturated carbocycles. The lowest BCUT2D eigenvalue weighted by molar-refractivity contribution is -0.384. The minimum Gasteiger partial charge on any atom is -0.454 e. The molecule has 0 unspecified atom stereocenters. The summed E-state index contributed by atoms with van der Waals surface area (Å²) in [7, 11) is -3.98. The van der Waals surface area contributed by atoms with E-state index in [1.165, 1.54) is 42.5 Å². The van der Waals surface area contributed by atoms with Crippen LogP contribution in [0.3, 0.4) is 0 Å². The van der Waals surface area contributed by atoms with Crippen LogP contribution in [0.1, 0.15) is 51.6 Å². The van der Waals surface area contributed by atoms with Crippen LogP contribution in [0, 0.1) is 17.0 Å². The summed E-state index contributed by atoms with van der Waals surface area (Å²) in [6.07, 6.45) is 3.03. The molecule has 0 atom stereocenters. The number of nitro groups is 1. The van der Waals surface area contributed by atoms with Gasteiger partial charge in [-0.3, -0.25) is 19.6 Å². The average Bonchev–Trinajstić information content (AvgIpc) is 2.86. The van der Waals surface area contributed by atoms with Gasteiger partial charge in [-0.25, -0.2) is 13.2 Å². The molecular formula is C26H26N2O7S. The Morgan fingerprint density at radius 3 is 2.28 bits per heavy atom. The number of nitro benzene ring substituents is 1. The van der Waals surface area contributed by atoms with Crippen molar-refractivity contribution < 1.29 is 27.7 Å². The van der Waals surface area contributed by atoms with Crippen LogP contribution < -0.4 is 4.72 Å². The number of non-ortho nitro benzene ring substituents is 1. The number of Topliss-reactive ketones (excluding diaryl/α,β-unsaturated/α-hetero) is 1. The first-order valence-corrected chi connectivity index (χ1v) is 12.8. The van der Waals surface area contributed by atoms with Crippen molar-refractivity contribution >= 4 is 33.2 Å². The molecule has 0 aliphatic rings. The SMILES string of the molecule is CCCCc1ccc(NS(=O)(=O)c2ccc(C)c(C(=O)OCC(=O)c3ccc([N+](=O)[O-])cc3)c2)cc1. The number of hydrogen-bond acceptors (Lipinski definition) is 7. The van der Waals surface area contributed by atoms with Crippen molar-refractivity contribution in [2.45, 2.75) is 38.0 Å². The molecule has 9 nitrogen and oxygen atoms in total. The summed E-state index contributed by atoms with van der Waals surface area (Å²) in [4.78, 5) is 35.0. The minimum absolute atomic E-state index is 0.00397. The zero-order valence-electron chi connectivity index (χ0n) is 19.9. The number of ketones is 1. The number of rotatable bonds is 11. The van der Waals surface area contributed by atoms with Gasteiger partial charge < -0.3 is 4.74 Å². The van der Waals surface area contributed by atoms with Crippen molar-refractivity contribution in [2.75, 3.05) is 11.3 Å². The molecule has 10 heteroatoms. The zero-order valence-corrected chi connectivity index (χ0v) is 20.7. The third-order valence-electron chi connectivity index (χ3n) is 5.50. The van der Waals surface area contributed by atoms with E-state index in [9.17, 15) is 28.1 Å². The van der Waals surface area contributed by atoms with Gasteiger partial charge >= 0.3 is 5.97 Å². The predicted octanol–water partition coefficient (Wildman–Crippen LogP) is 5.09. The Bertz CT molecular complexity index is 1370. The fourth-order valence-electron chi connectivity index (χ4n) is 3.38. The van der Waals surface area contributed by atoms with Crippen LogP contribution in [-0.4, -0.2) is 31.7 Å². The smallest absolute Gasteiger partial charge is 0.338 e. The number of sulfonamides is 1. The van der Waals surface area contributed by atoms with Crippen LogP contribution >= 0.6 is 0 Å². The number of unbranched alkanes of at least 4 members (excludes halogenated alkanes) is 1. The van der Waals surface area contributed by atoms with Gasteiger partial charge in [-0.15, -0.1) is 0 Å². The maximum atomic E-state index is 12.9. The number of ether oxygens (including phenoxy) is 1. The number of nitrogens with zero attached hydrogens (tertiary/aromatic N) is 1. The van der Waals surface area contributed by atoms with Gasteiger partial charge in [0.1, 0.15) is 0 Å². The minimum atomic E-state index is -3.98. The molecule has 0 fully saturated rings. The maximum Gasteiger partial charge on any atom is 0.338 e. The molecule has 0 aromatic heterocycles. The quantitative estimate of drug-likeness (QED) is 0.164. The Labute approximate surface area is 209 Å². The van der Waals surface area contributed by atoms with Crippen molar-refractivity contribution in [2.24, 2.45) is 0 Å². The Morgan fingerprint density at radius 1 is 1.00 bits per heavy atom. The topological polar surface area (TPSA) is 133 Å². The second-order valence-corrected chi connectivity index (χ2v) is 9.87. The van der Waals surface area contributed by atoms with E-state index in [-0.39, 0.29) is 21.7 Å². The molecule has 0 radical (unpaired) electrons. The highest BCUT2D eigenvalue weighted by atomic mass is 32.2. The van der Waals surface area contributed by atoms with Gasteiger partial charge in [-0.1, -0.05) is 31.5 Å². The number of carbonyl (C=O) groups excluding carboxylic acids is 2. The zero-order chi connectivity index (χ0) is 26.3. The van der Waals surface area contributed by atoms with Crippen molar-refractivity contribution in [3.8, 4) is 0 Å². The van der Waals surface area contributed by atoms with Gasteiger partial charge in [-0.2, -0.15) is 0 Å². The van der Waals surface area contributed by atoms with Crippen LogP contribution in [0.5, 0.6) is 0 Å². The van der Waals surface area contributed by atoms with Gasteiger partial charge in [0.05, 0.1) is 15.4 Å². The number of hydrogen-bond donors (Lipinski definition) is 1. The van der Waals surface area contributed by atoms with E-state index < -0.39 is 33.3 Å². The summed E-state index contributed by atoms with van der Waals surface area (Å²) in [6.45, 7) is 3.12. The predicted molar refractivity (Wildman–Crippen MR) is 135 cm³/mol. The molecule has 3 rings (SSSR count). The molecule has 0 spiro atoms. The van der Waals surface area contributed by atoms with E-state index >= 15 is 0 Å². The van der Waals surface area contributed by atoms with Gasteiger partial charge in [0.2, 0.25) is 0 Å². The second kappa shape index (κ2) is 11.6. The lowest BCUT2D eigenvalue weighted by Crippen LogP contribution is -2.17. The average molecular weight is 511 g/mol. The van der Waals surface area contributed by atoms with E-state index in [4.69, 9.17) is 4.74 Å².